The molecule has 5 nitrogen and oxygen atoms in total. The smallest absolute Gasteiger partial charge is 0.293 e. The van der Waals surface area contributed by atoms with Gasteiger partial charge >= 0.3 is 0 Å². The first-order chi connectivity index (χ1) is 13.6. The Balaban J connectivity index is 1.56. The molecule has 0 saturated heterocycles. The van der Waals surface area contributed by atoms with Gasteiger partial charge in [0.2, 0.25) is 0 Å². The summed E-state index contributed by atoms with van der Waals surface area (Å²) in [6, 6.07) is 14.9. The van der Waals surface area contributed by atoms with Crippen LogP contribution in [0.3, 0.4) is 0 Å². The molecule has 1 atom stereocenters. The molecule has 2 aliphatic rings. The number of hydrogen-bond donors (Lipinski definition) is 0. The van der Waals surface area contributed by atoms with E-state index in [1.807, 2.05) is 36.4 Å². The maximum Gasteiger partial charge on any atom is 0.293 e. The van der Waals surface area contributed by atoms with Crippen LogP contribution in [0.15, 0.2) is 79.0 Å². The highest BCUT2D eigenvalue weighted by Gasteiger charge is 2.39. The van der Waals surface area contributed by atoms with Gasteiger partial charge in [-0.05, 0) is 35.5 Å². The molecule has 0 aliphatic carbocycles. The molecule has 2 heterocycles. The number of Topliss-reactive ketones (excluding diaryl/α,β-unsaturated/α-hetero) is 1. The molecule has 2 aromatic rings. The zero-order chi connectivity index (χ0) is 19.6. The van der Waals surface area contributed by atoms with Crippen molar-refractivity contribution in [2.45, 2.75) is 31.2 Å². The summed E-state index contributed by atoms with van der Waals surface area (Å²) in [5.74, 6) is 1.00. The molecule has 0 fully saturated rings. The Morgan fingerprint density at radius 3 is 2.57 bits per heavy atom. The summed E-state index contributed by atoms with van der Waals surface area (Å²) in [5, 5.41) is 4.02. The van der Waals surface area contributed by atoms with Gasteiger partial charge in [-0.2, -0.15) is 0 Å². The molecule has 4 rings (SSSR count). The van der Waals surface area contributed by atoms with Crippen LogP contribution < -0.4 is 4.74 Å². The Bertz CT molecular complexity index is 938. The van der Waals surface area contributed by atoms with E-state index in [0.29, 0.717) is 35.6 Å². The van der Waals surface area contributed by atoms with Crippen LogP contribution in [-0.4, -0.2) is 17.3 Å². The highest BCUT2D eigenvalue weighted by molar-refractivity contribution is 6.00. The van der Waals surface area contributed by atoms with E-state index < -0.39 is 11.9 Å². The minimum absolute atomic E-state index is 0.0222. The largest absolute Gasteiger partial charge is 0.485 e. The standard InChI is InChI=1S/C23H21NO4/c1-3-12-23(13-4-2)15-19(25)18-14-17(10-11-20(18)27-23)22-26-21(24-28-22)16-8-6-5-7-9-16/h3-11,14,22H,1-2,12-13,15H2. The van der Waals surface area contributed by atoms with E-state index in [0.717, 1.165) is 5.56 Å². The molecule has 0 bridgehead atoms. The second-order valence-electron chi connectivity index (χ2n) is 6.94. The van der Waals surface area contributed by atoms with Gasteiger partial charge in [0.1, 0.15) is 11.4 Å². The van der Waals surface area contributed by atoms with Crippen LogP contribution in [0, 0.1) is 0 Å². The first-order valence-corrected chi connectivity index (χ1v) is 9.18. The van der Waals surface area contributed by atoms with Crippen molar-refractivity contribution in [3.63, 3.8) is 0 Å². The number of carbonyl (C=O) groups is 1. The average molecular weight is 375 g/mol. The molecule has 1 unspecified atom stereocenters. The van der Waals surface area contributed by atoms with Crippen molar-refractivity contribution < 1.29 is 19.1 Å². The van der Waals surface area contributed by atoms with Crippen molar-refractivity contribution in [1.29, 1.82) is 0 Å². The number of carbonyl (C=O) groups excluding carboxylic acids is 1. The van der Waals surface area contributed by atoms with Crippen molar-refractivity contribution >= 4 is 11.7 Å². The Morgan fingerprint density at radius 2 is 1.86 bits per heavy atom. The number of ether oxygens (including phenoxy) is 2. The summed E-state index contributed by atoms with van der Waals surface area (Å²) < 4.78 is 12.0. The summed E-state index contributed by atoms with van der Waals surface area (Å²) in [7, 11) is 0. The monoisotopic (exact) mass is 375 g/mol. The SMILES string of the molecule is C=CCC1(CC=C)CC(=O)c2cc(C3ON=C(c4ccccc4)O3)ccc2O1. The molecular formula is C23H21NO4. The third-order valence-corrected chi connectivity index (χ3v) is 4.89. The van der Waals surface area contributed by atoms with Crippen molar-refractivity contribution in [2.24, 2.45) is 5.16 Å². The molecule has 2 aliphatic heterocycles. The molecular weight excluding hydrogens is 354 g/mol. The van der Waals surface area contributed by atoms with Gasteiger partial charge in [0.15, 0.2) is 5.78 Å². The van der Waals surface area contributed by atoms with Crippen molar-refractivity contribution in [3.05, 3.63) is 90.5 Å². The second-order valence-corrected chi connectivity index (χ2v) is 6.94. The van der Waals surface area contributed by atoms with E-state index in [2.05, 4.69) is 18.3 Å². The van der Waals surface area contributed by atoms with Crippen molar-refractivity contribution in [1.82, 2.24) is 0 Å². The lowest BCUT2D eigenvalue weighted by Crippen LogP contribution is -2.41. The summed E-state index contributed by atoms with van der Waals surface area (Å²) in [6.45, 7) is 7.58. The number of oxime groups is 1. The minimum atomic E-state index is -0.693. The normalized spacial score (nSPS) is 19.5. The molecule has 5 heteroatoms. The minimum Gasteiger partial charge on any atom is -0.485 e. The van der Waals surface area contributed by atoms with Crippen LogP contribution >= 0.6 is 0 Å². The van der Waals surface area contributed by atoms with Gasteiger partial charge in [0, 0.05) is 24.0 Å². The Morgan fingerprint density at radius 1 is 1.11 bits per heavy atom. The fourth-order valence-corrected chi connectivity index (χ4v) is 3.57. The lowest BCUT2D eigenvalue weighted by atomic mass is 9.84. The van der Waals surface area contributed by atoms with E-state index in [1.54, 1.807) is 24.3 Å². The molecule has 142 valence electrons. The van der Waals surface area contributed by atoms with Gasteiger partial charge in [-0.1, -0.05) is 30.4 Å². The summed E-state index contributed by atoms with van der Waals surface area (Å²) in [6.07, 6.45) is 4.29. The Hall–Kier alpha value is -3.34. The summed E-state index contributed by atoms with van der Waals surface area (Å²) >= 11 is 0. The molecule has 2 aromatic carbocycles. The maximum atomic E-state index is 12.8. The van der Waals surface area contributed by atoms with Crippen LogP contribution in [0.25, 0.3) is 0 Å². The first kappa shape index (κ1) is 18.0. The van der Waals surface area contributed by atoms with Gasteiger partial charge in [0.25, 0.3) is 12.2 Å². The lowest BCUT2D eigenvalue weighted by Gasteiger charge is -2.37. The van der Waals surface area contributed by atoms with Crippen molar-refractivity contribution in [3.8, 4) is 5.75 Å². The molecule has 0 amide bonds. The van der Waals surface area contributed by atoms with Gasteiger partial charge < -0.3 is 14.3 Å². The zero-order valence-corrected chi connectivity index (χ0v) is 15.5. The van der Waals surface area contributed by atoms with Crippen LogP contribution in [-0.2, 0) is 9.57 Å². The highest BCUT2D eigenvalue weighted by Crippen LogP contribution is 2.39. The lowest BCUT2D eigenvalue weighted by molar-refractivity contribution is -0.0499. The van der Waals surface area contributed by atoms with E-state index in [-0.39, 0.29) is 12.2 Å². The van der Waals surface area contributed by atoms with Gasteiger partial charge in [0.05, 0.1) is 12.0 Å². The number of fused-ring (bicyclic) bond motifs is 1. The predicted octanol–water partition coefficient (Wildman–Crippen LogP) is 4.95. The van der Waals surface area contributed by atoms with E-state index in [4.69, 9.17) is 14.3 Å². The van der Waals surface area contributed by atoms with Gasteiger partial charge in [-0.25, -0.2) is 0 Å². The number of nitrogens with zero attached hydrogens (tertiary/aromatic N) is 1. The maximum absolute atomic E-state index is 12.8. The van der Waals surface area contributed by atoms with Gasteiger partial charge in [-0.15, -0.1) is 13.2 Å². The molecule has 0 N–H and O–H groups in total. The van der Waals surface area contributed by atoms with Crippen LogP contribution in [0.5, 0.6) is 5.75 Å². The topological polar surface area (TPSA) is 57.1 Å². The summed E-state index contributed by atoms with van der Waals surface area (Å²) in [5.41, 5.74) is 1.46. The van der Waals surface area contributed by atoms with E-state index >= 15 is 0 Å². The third kappa shape index (κ3) is 3.31. The molecule has 0 radical (unpaired) electrons. The van der Waals surface area contributed by atoms with E-state index in [9.17, 15) is 4.79 Å². The third-order valence-electron chi connectivity index (χ3n) is 4.89. The zero-order valence-electron chi connectivity index (χ0n) is 15.5. The molecule has 0 aromatic heterocycles. The average Bonchev–Trinajstić information content (AvgIpc) is 3.19. The highest BCUT2D eigenvalue weighted by atomic mass is 16.8. The van der Waals surface area contributed by atoms with Crippen molar-refractivity contribution in [2.75, 3.05) is 0 Å². The second kappa shape index (κ2) is 7.35. The number of hydrogen-bond acceptors (Lipinski definition) is 5. The Labute approximate surface area is 163 Å². The fraction of sp³-hybridized carbons (Fsp3) is 0.217. The van der Waals surface area contributed by atoms with Gasteiger partial charge in [-0.3, -0.25) is 4.79 Å². The molecule has 0 saturated carbocycles. The quantitative estimate of drug-likeness (QED) is 0.670. The van der Waals surface area contributed by atoms with Crippen LogP contribution in [0.2, 0.25) is 0 Å². The fourth-order valence-electron chi connectivity index (χ4n) is 3.57. The summed E-state index contributed by atoms with van der Waals surface area (Å²) in [4.78, 5) is 18.3. The molecule has 0 spiro atoms. The first-order valence-electron chi connectivity index (χ1n) is 9.18. The number of ketones is 1. The van der Waals surface area contributed by atoms with E-state index in [1.165, 1.54) is 0 Å². The Kier molecular flexibility index (Phi) is 4.74. The number of rotatable bonds is 6. The van der Waals surface area contributed by atoms with Crippen LogP contribution in [0.4, 0.5) is 0 Å². The number of benzene rings is 2. The predicted molar refractivity (Wildman–Crippen MR) is 106 cm³/mol. The van der Waals surface area contributed by atoms with Crippen LogP contribution in [0.1, 0.15) is 47.0 Å². The molecule has 28 heavy (non-hydrogen) atoms.